The molecule has 1 N–H and O–H groups in total. The average Bonchev–Trinajstić information content (AvgIpc) is 3.39. The highest BCUT2D eigenvalue weighted by atomic mass is 32.1. The molecule has 2 aromatic heterocycles. The van der Waals surface area contributed by atoms with Crippen LogP contribution in [-0.2, 0) is 17.7 Å². The lowest BCUT2D eigenvalue weighted by Gasteiger charge is -2.24. The van der Waals surface area contributed by atoms with E-state index in [0.717, 1.165) is 16.2 Å². The van der Waals surface area contributed by atoms with E-state index in [-0.39, 0.29) is 18.0 Å². The monoisotopic (exact) mass is 433 g/mol. The number of thiophene rings is 1. The molecule has 0 bridgehead atoms. The molecule has 0 radical (unpaired) electrons. The second kappa shape index (κ2) is 10.6. The molecular weight excluding hydrogens is 405 g/mol. The molecule has 0 spiro atoms. The first-order valence-corrected chi connectivity index (χ1v) is 10.8. The molecule has 9 heteroatoms. The smallest absolute Gasteiger partial charge is 0.178 e. The molecule has 0 aliphatic carbocycles. The quantitative estimate of drug-likeness (QED) is 0.499. The van der Waals surface area contributed by atoms with Gasteiger partial charge in [-0.25, -0.2) is 9.07 Å². The van der Waals surface area contributed by atoms with Crippen LogP contribution in [-0.4, -0.2) is 47.1 Å². The summed E-state index contributed by atoms with van der Waals surface area (Å²) in [6.07, 6.45) is 0.671. The van der Waals surface area contributed by atoms with E-state index in [0.29, 0.717) is 31.3 Å². The molecule has 0 aliphatic heterocycles. The average molecular weight is 434 g/mol. The van der Waals surface area contributed by atoms with Crippen LogP contribution in [0.2, 0.25) is 0 Å². The van der Waals surface area contributed by atoms with Crippen molar-refractivity contribution >= 4 is 11.3 Å². The Hall–Kier alpha value is -2.36. The zero-order chi connectivity index (χ0) is 21.5. The Bertz CT molecular complexity index is 930. The van der Waals surface area contributed by atoms with Crippen molar-refractivity contribution in [3.8, 4) is 5.06 Å². The van der Waals surface area contributed by atoms with Crippen molar-refractivity contribution in [1.82, 2.24) is 25.5 Å². The third kappa shape index (κ3) is 5.41. The fourth-order valence-corrected chi connectivity index (χ4v) is 4.11. The van der Waals surface area contributed by atoms with Gasteiger partial charge < -0.3 is 14.8 Å². The predicted octanol–water partition coefficient (Wildman–Crippen LogP) is 3.48. The van der Waals surface area contributed by atoms with Crippen molar-refractivity contribution in [3.63, 3.8) is 0 Å². The van der Waals surface area contributed by atoms with Crippen molar-refractivity contribution in [2.75, 3.05) is 20.8 Å². The second-order valence-electron chi connectivity index (χ2n) is 7.37. The number of ether oxygens (including phenoxy) is 2. The Morgan fingerprint density at radius 2 is 2.07 bits per heavy atom. The van der Waals surface area contributed by atoms with Gasteiger partial charge in [-0.1, -0.05) is 26.0 Å². The number of nitrogens with zero attached hydrogens (tertiary/aromatic N) is 4. The molecule has 3 rings (SSSR count). The highest BCUT2D eigenvalue weighted by Crippen LogP contribution is 2.34. The van der Waals surface area contributed by atoms with Gasteiger partial charge in [0.1, 0.15) is 5.82 Å². The fourth-order valence-electron chi connectivity index (χ4n) is 3.36. The van der Waals surface area contributed by atoms with E-state index in [1.165, 1.54) is 23.5 Å². The van der Waals surface area contributed by atoms with E-state index >= 15 is 0 Å². The molecule has 30 heavy (non-hydrogen) atoms. The first-order valence-electron chi connectivity index (χ1n) is 9.91. The fraction of sp³-hybridized carbons (Fsp3) is 0.476. The van der Waals surface area contributed by atoms with Crippen LogP contribution in [0.1, 0.15) is 36.8 Å². The third-order valence-corrected chi connectivity index (χ3v) is 5.93. The van der Waals surface area contributed by atoms with Crippen molar-refractivity contribution in [2.24, 2.45) is 5.92 Å². The van der Waals surface area contributed by atoms with E-state index < -0.39 is 0 Å². The van der Waals surface area contributed by atoms with Crippen LogP contribution >= 0.6 is 11.3 Å². The number of halogens is 1. The number of aromatic nitrogens is 4. The molecule has 1 aromatic carbocycles. The number of tetrazole rings is 1. The number of benzene rings is 1. The van der Waals surface area contributed by atoms with Gasteiger partial charge in [-0.2, -0.15) is 0 Å². The number of nitrogens with one attached hydrogen (secondary N) is 1. The molecule has 7 nitrogen and oxygen atoms in total. The third-order valence-electron chi connectivity index (χ3n) is 5.04. The Labute approximate surface area is 180 Å². The van der Waals surface area contributed by atoms with Gasteiger partial charge in [-0.3, -0.25) is 0 Å². The second-order valence-corrected chi connectivity index (χ2v) is 8.25. The molecule has 0 saturated carbocycles. The minimum atomic E-state index is -0.259. The number of hydrogen-bond donors (Lipinski definition) is 1. The Morgan fingerprint density at radius 1 is 1.23 bits per heavy atom. The maximum atomic E-state index is 13.5. The highest BCUT2D eigenvalue weighted by Gasteiger charge is 2.26. The topological polar surface area (TPSA) is 74.1 Å². The summed E-state index contributed by atoms with van der Waals surface area (Å²) in [5, 5.41) is 18.7. The summed E-state index contributed by atoms with van der Waals surface area (Å²) < 4.78 is 26.4. The lowest BCUT2D eigenvalue weighted by Crippen LogP contribution is -2.36. The summed E-state index contributed by atoms with van der Waals surface area (Å²) in [6.45, 7) is 5.42. The van der Waals surface area contributed by atoms with E-state index in [9.17, 15) is 4.39 Å². The molecule has 2 unspecified atom stereocenters. The van der Waals surface area contributed by atoms with Gasteiger partial charge in [0.2, 0.25) is 0 Å². The zero-order valence-electron chi connectivity index (χ0n) is 17.7. The molecule has 0 aliphatic rings. The molecule has 3 aromatic rings. The SMILES string of the molecule is COc1sccc1C(NCC(OC)C(C)C)c1nnnn1CCc1cccc(F)c1. The van der Waals surface area contributed by atoms with E-state index in [1.807, 2.05) is 17.5 Å². The van der Waals surface area contributed by atoms with Gasteiger partial charge in [-0.15, -0.1) is 16.4 Å². The summed E-state index contributed by atoms with van der Waals surface area (Å²) in [6, 6.07) is 8.34. The Morgan fingerprint density at radius 3 is 2.77 bits per heavy atom. The van der Waals surface area contributed by atoms with Crippen LogP contribution in [0, 0.1) is 11.7 Å². The Kier molecular flexibility index (Phi) is 7.89. The molecule has 162 valence electrons. The zero-order valence-corrected chi connectivity index (χ0v) is 18.5. The van der Waals surface area contributed by atoms with Crippen molar-refractivity contribution in [2.45, 2.75) is 39.0 Å². The molecule has 0 saturated heterocycles. The van der Waals surface area contributed by atoms with Crippen molar-refractivity contribution in [3.05, 3.63) is 58.5 Å². The van der Waals surface area contributed by atoms with Crippen LogP contribution in [0.5, 0.6) is 5.06 Å². The van der Waals surface area contributed by atoms with Crippen LogP contribution in [0.4, 0.5) is 4.39 Å². The number of methoxy groups -OCH3 is 2. The molecule has 2 atom stereocenters. The van der Waals surface area contributed by atoms with Crippen molar-refractivity contribution < 1.29 is 13.9 Å². The maximum absolute atomic E-state index is 13.5. The summed E-state index contributed by atoms with van der Waals surface area (Å²) in [5.41, 5.74) is 1.87. The van der Waals surface area contributed by atoms with Gasteiger partial charge in [0.25, 0.3) is 0 Å². The first kappa shape index (κ1) is 22.3. The Balaban J connectivity index is 1.84. The van der Waals surface area contributed by atoms with Crippen LogP contribution in [0.25, 0.3) is 0 Å². The molecule has 2 heterocycles. The van der Waals surface area contributed by atoms with Crippen LogP contribution in [0.15, 0.2) is 35.7 Å². The van der Waals surface area contributed by atoms with Crippen LogP contribution < -0.4 is 10.1 Å². The minimum absolute atomic E-state index is 0.0498. The van der Waals surface area contributed by atoms with Gasteiger partial charge in [0, 0.05) is 25.8 Å². The van der Waals surface area contributed by atoms with Gasteiger partial charge >= 0.3 is 0 Å². The number of aryl methyl sites for hydroxylation is 2. The predicted molar refractivity (Wildman–Crippen MR) is 114 cm³/mol. The lowest BCUT2D eigenvalue weighted by atomic mass is 10.1. The maximum Gasteiger partial charge on any atom is 0.178 e. The molecule has 0 amide bonds. The van der Waals surface area contributed by atoms with E-state index in [2.05, 4.69) is 34.7 Å². The van der Waals surface area contributed by atoms with Gasteiger partial charge in [-0.05, 0) is 51.9 Å². The molecule has 0 fully saturated rings. The normalized spacial score (nSPS) is 13.5. The molecular formula is C21H28FN5O2S. The van der Waals surface area contributed by atoms with E-state index in [1.54, 1.807) is 25.0 Å². The minimum Gasteiger partial charge on any atom is -0.487 e. The highest BCUT2D eigenvalue weighted by molar-refractivity contribution is 7.12. The summed E-state index contributed by atoms with van der Waals surface area (Å²) in [5.74, 6) is 0.796. The first-order chi connectivity index (χ1) is 14.5. The van der Waals surface area contributed by atoms with Gasteiger partial charge in [0.05, 0.1) is 19.3 Å². The van der Waals surface area contributed by atoms with Crippen LogP contribution in [0.3, 0.4) is 0 Å². The summed E-state index contributed by atoms with van der Waals surface area (Å²) in [4.78, 5) is 0. The van der Waals surface area contributed by atoms with E-state index in [4.69, 9.17) is 9.47 Å². The van der Waals surface area contributed by atoms with Crippen molar-refractivity contribution in [1.29, 1.82) is 0 Å². The largest absolute Gasteiger partial charge is 0.487 e. The number of rotatable bonds is 11. The standard InChI is InChI=1S/C21H28FN5O2S/c1-14(2)18(28-3)13-23-19(17-9-11-30-21(17)29-4)20-24-25-26-27(20)10-8-15-6-5-7-16(22)12-15/h5-7,9,11-12,14,18-19,23H,8,10,13H2,1-4H3. The lowest BCUT2D eigenvalue weighted by molar-refractivity contribution is 0.0630. The summed E-state index contributed by atoms with van der Waals surface area (Å²) in [7, 11) is 3.38. The number of hydrogen-bond acceptors (Lipinski definition) is 7. The van der Waals surface area contributed by atoms with Gasteiger partial charge in [0.15, 0.2) is 10.9 Å². The summed E-state index contributed by atoms with van der Waals surface area (Å²) >= 11 is 1.53.